The Morgan fingerprint density at radius 2 is 1.86 bits per heavy atom. The summed E-state index contributed by atoms with van der Waals surface area (Å²) in [6, 6.07) is 0. The van der Waals surface area contributed by atoms with Crippen molar-refractivity contribution in [2.75, 3.05) is 14.2 Å². The van der Waals surface area contributed by atoms with Gasteiger partial charge in [0.05, 0.1) is 13.5 Å². The van der Waals surface area contributed by atoms with E-state index in [-0.39, 0.29) is 18.7 Å². The lowest BCUT2D eigenvalue weighted by atomic mass is 9.85. The van der Waals surface area contributed by atoms with Crippen LogP contribution in [0.4, 0.5) is 0 Å². The molecular formula is C9H17NO4. The topological polar surface area (TPSA) is 66.8 Å². The van der Waals surface area contributed by atoms with E-state index in [1.165, 1.54) is 14.2 Å². The number of nitrogens with zero attached hydrogens (tertiary/aromatic N) is 1. The molecule has 0 aliphatic carbocycles. The number of carboxylic acids is 1. The van der Waals surface area contributed by atoms with Crippen molar-refractivity contribution >= 4 is 11.9 Å². The summed E-state index contributed by atoms with van der Waals surface area (Å²) in [5, 5.41) is 9.70. The number of hydroxylamine groups is 2. The zero-order valence-electron chi connectivity index (χ0n) is 9.03. The fourth-order valence-corrected chi connectivity index (χ4v) is 1.09. The first kappa shape index (κ1) is 12.9. The van der Waals surface area contributed by atoms with Crippen molar-refractivity contribution in [2.24, 2.45) is 5.41 Å². The van der Waals surface area contributed by atoms with Gasteiger partial charge in [-0.1, -0.05) is 13.8 Å². The molecule has 0 fully saturated rings. The van der Waals surface area contributed by atoms with Gasteiger partial charge in [-0.3, -0.25) is 14.4 Å². The van der Waals surface area contributed by atoms with Crippen LogP contribution in [0.25, 0.3) is 0 Å². The maximum Gasteiger partial charge on any atom is 0.303 e. The van der Waals surface area contributed by atoms with Gasteiger partial charge in [-0.05, 0) is 5.41 Å². The van der Waals surface area contributed by atoms with Crippen LogP contribution in [-0.2, 0) is 14.4 Å². The van der Waals surface area contributed by atoms with E-state index in [1.54, 1.807) is 13.8 Å². The molecule has 0 bridgehead atoms. The predicted octanol–water partition coefficient (Wildman–Crippen LogP) is 0.897. The molecule has 0 saturated carbocycles. The van der Waals surface area contributed by atoms with E-state index in [0.717, 1.165) is 5.06 Å². The molecule has 0 aromatic rings. The summed E-state index contributed by atoms with van der Waals surface area (Å²) in [4.78, 5) is 26.6. The first-order valence-electron chi connectivity index (χ1n) is 4.31. The normalized spacial score (nSPS) is 11.1. The quantitative estimate of drug-likeness (QED) is 0.674. The van der Waals surface area contributed by atoms with Crippen molar-refractivity contribution in [1.82, 2.24) is 5.06 Å². The van der Waals surface area contributed by atoms with Crippen LogP contribution in [0, 0.1) is 5.41 Å². The number of carbonyl (C=O) groups excluding carboxylic acids is 1. The highest BCUT2D eigenvalue weighted by Gasteiger charge is 2.26. The van der Waals surface area contributed by atoms with E-state index in [4.69, 9.17) is 9.94 Å². The van der Waals surface area contributed by atoms with Crippen molar-refractivity contribution in [3.63, 3.8) is 0 Å². The van der Waals surface area contributed by atoms with Gasteiger partial charge >= 0.3 is 5.97 Å². The van der Waals surface area contributed by atoms with Crippen molar-refractivity contribution in [1.29, 1.82) is 0 Å². The Kier molecular flexibility index (Phi) is 4.56. The summed E-state index contributed by atoms with van der Waals surface area (Å²) in [5.41, 5.74) is -0.546. The first-order valence-corrected chi connectivity index (χ1v) is 4.31. The predicted molar refractivity (Wildman–Crippen MR) is 50.4 cm³/mol. The molecule has 0 rings (SSSR count). The molecule has 0 saturated heterocycles. The summed E-state index contributed by atoms with van der Waals surface area (Å²) < 4.78 is 0. The molecule has 0 spiro atoms. The van der Waals surface area contributed by atoms with Crippen LogP contribution in [0.3, 0.4) is 0 Å². The lowest BCUT2D eigenvalue weighted by Crippen LogP contribution is -2.31. The highest BCUT2D eigenvalue weighted by molar-refractivity contribution is 5.76. The fourth-order valence-electron chi connectivity index (χ4n) is 1.09. The molecule has 14 heavy (non-hydrogen) atoms. The maximum atomic E-state index is 11.4. The van der Waals surface area contributed by atoms with Crippen LogP contribution in [0.5, 0.6) is 0 Å². The third-order valence-corrected chi connectivity index (χ3v) is 1.88. The largest absolute Gasteiger partial charge is 0.481 e. The highest BCUT2D eigenvalue weighted by Crippen LogP contribution is 2.25. The van der Waals surface area contributed by atoms with Gasteiger partial charge in [0.2, 0.25) is 5.91 Å². The van der Waals surface area contributed by atoms with Crippen LogP contribution in [0.2, 0.25) is 0 Å². The van der Waals surface area contributed by atoms with Crippen LogP contribution in [0.15, 0.2) is 0 Å². The molecule has 0 aromatic carbocycles. The second-order valence-electron chi connectivity index (χ2n) is 3.99. The van der Waals surface area contributed by atoms with Gasteiger partial charge in [0.15, 0.2) is 0 Å². The van der Waals surface area contributed by atoms with Crippen molar-refractivity contribution in [3.05, 3.63) is 0 Å². The Bertz CT molecular complexity index is 225. The summed E-state index contributed by atoms with van der Waals surface area (Å²) in [5.74, 6) is -1.12. The lowest BCUT2D eigenvalue weighted by molar-refractivity contribution is -0.171. The average Bonchev–Trinajstić information content (AvgIpc) is 1.99. The molecule has 1 amide bonds. The average molecular weight is 203 g/mol. The van der Waals surface area contributed by atoms with Crippen molar-refractivity contribution < 1.29 is 19.5 Å². The number of carboxylic acid groups (broad SMARTS) is 1. The SMILES string of the molecule is CON(C)C(=O)CC(C)(C)CC(=O)O. The zero-order valence-corrected chi connectivity index (χ0v) is 9.03. The van der Waals surface area contributed by atoms with E-state index >= 15 is 0 Å². The third kappa shape index (κ3) is 4.81. The minimum atomic E-state index is -0.900. The highest BCUT2D eigenvalue weighted by atomic mass is 16.7. The number of hydrogen-bond acceptors (Lipinski definition) is 3. The molecule has 0 aliphatic heterocycles. The molecule has 5 nitrogen and oxygen atoms in total. The fraction of sp³-hybridized carbons (Fsp3) is 0.778. The Labute approximate surface area is 83.6 Å². The Balaban J connectivity index is 4.21. The molecule has 0 aromatic heterocycles. The van der Waals surface area contributed by atoms with Gasteiger partial charge in [0.1, 0.15) is 0 Å². The minimum Gasteiger partial charge on any atom is -0.481 e. The van der Waals surface area contributed by atoms with Gasteiger partial charge in [0, 0.05) is 13.5 Å². The van der Waals surface area contributed by atoms with Crippen LogP contribution in [0.1, 0.15) is 26.7 Å². The second-order valence-corrected chi connectivity index (χ2v) is 3.99. The standard InChI is InChI=1S/C9H17NO4/c1-9(2,6-8(12)13)5-7(11)10(3)14-4/h5-6H2,1-4H3,(H,12,13). The number of amides is 1. The first-order chi connectivity index (χ1) is 6.28. The van der Waals surface area contributed by atoms with E-state index < -0.39 is 11.4 Å². The van der Waals surface area contributed by atoms with Crippen molar-refractivity contribution in [2.45, 2.75) is 26.7 Å². The summed E-state index contributed by atoms with van der Waals surface area (Å²) >= 11 is 0. The monoisotopic (exact) mass is 203 g/mol. The van der Waals surface area contributed by atoms with E-state index in [9.17, 15) is 9.59 Å². The minimum absolute atomic E-state index is 0.0315. The van der Waals surface area contributed by atoms with Gasteiger partial charge in [-0.15, -0.1) is 0 Å². The molecule has 0 atom stereocenters. The van der Waals surface area contributed by atoms with Crippen molar-refractivity contribution in [3.8, 4) is 0 Å². The van der Waals surface area contributed by atoms with Crippen LogP contribution < -0.4 is 0 Å². The molecule has 82 valence electrons. The van der Waals surface area contributed by atoms with E-state index in [2.05, 4.69) is 0 Å². The summed E-state index contributed by atoms with van der Waals surface area (Å²) in [7, 11) is 2.89. The Morgan fingerprint density at radius 3 is 2.21 bits per heavy atom. The maximum absolute atomic E-state index is 11.4. The van der Waals surface area contributed by atoms with Crippen LogP contribution >= 0.6 is 0 Å². The lowest BCUT2D eigenvalue weighted by Gasteiger charge is -2.24. The smallest absolute Gasteiger partial charge is 0.303 e. The van der Waals surface area contributed by atoms with Crippen LogP contribution in [-0.4, -0.2) is 36.2 Å². The van der Waals surface area contributed by atoms with Gasteiger partial charge < -0.3 is 5.11 Å². The van der Waals surface area contributed by atoms with Gasteiger partial charge in [-0.2, -0.15) is 0 Å². The number of carbonyl (C=O) groups is 2. The molecular weight excluding hydrogens is 186 g/mol. The van der Waals surface area contributed by atoms with E-state index in [0.29, 0.717) is 0 Å². The number of aliphatic carboxylic acids is 1. The zero-order chi connectivity index (χ0) is 11.4. The number of hydrogen-bond donors (Lipinski definition) is 1. The van der Waals surface area contributed by atoms with Gasteiger partial charge in [0.25, 0.3) is 0 Å². The van der Waals surface area contributed by atoms with E-state index in [1.807, 2.05) is 0 Å². The summed E-state index contributed by atoms with van der Waals surface area (Å²) in [6.07, 6.45) is 0.125. The third-order valence-electron chi connectivity index (χ3n) is 1.88. The van der Waals surface area contributed by atoms with Gasteiger partial charge in [-0.25, -0.2) is 5.06 Å². The molecule has 5 heteroatoms. The molecule has 0 heterocycles. The Hall–Kier alpha value is -1.10. The summed E-state index contributed by atoms with van der Waals surface area (Å²) in [6.45, 7) is 3.48. The Morgan fingerprint density at radius 1 is 1.36 bits per heavy atom. The molecule has 0 radical (unpaired) electrons. The molecule has 0 unspecified atom stereocenters. The molecule has 1 N–H and O–H groups in total. The number of rotatable bonds is 5. The second kappa shape index (κ2) is 4.95. The molecule has 0 aliphatic rings.